The average Bonchev–Trinajstić information content (AvgIpc) is 2.86. The Bertz CT molecular complexity index is 1330. The van der Waals surface area contributed by atoms with Gasteiger partial charge in [-0.1, -0.05) is 102 Å². The molecule has 0 saturated carbocycles. The van der Waals surface area contributed by atoms with Crippen molar-refractivity contribution in [2.24, 2.45) is 0 Å². The van der Waals surface area contributed by atoms with E-state index < -0.39 is 35.2 Å². The molecule has 0 aliphatic heterocycles. The van der Waals surface area contributed by atoms with Crippen molar-refractivity contribution in [1.29, 1.82) is 0 Å². The van der Waals surface area contributed by atoms with Crippen LogP contribution in [0.2, 0.25) is 0 Å². The van der Waals surface area contributed by atoms with Gasteiger partial charge in [0.05, 0.1) is 5.56 Å². The van der Waals surface area contributed by atoms with Crippen LogP contribution in [0.25, 0.3) is 0 Å². The lowest BCUT2D eigenvalue weighted by Gasteiger charge is -2.26. The van der Waals surface area contributed by atoms with Crippen LogP contribution in [0.5, 0.6) is 0 Å². The molecule has 0 amide bonds. The van der Waals surface area contributed by atoms with Crippen molar-refractivity contribution in [1.82, 2.24) is 0 Å². The number of carbonyl (C=O) groups excluding carboxylic acids is 2. The van der Waals surface area contributed by atoms with Crippen LogP contribution in [0.15, 0.2) is 66.7 Å². The van der Waals surface area contributed by atoms with Crippen LogP contribution >= 0.6 is 7.14 Å². The molecule has 0 aliphatic carbocycles. The molecule has 0 N–H and O–H groups in total. The Morgan fingerprint density at radius 2 is 1.19 bits per heavy atom. The maximum Gasteiger partial charge on any atom is 0.417 e. The average molecular weight is 529 g/mol. The van der Waals surface area contributed by atoms with Crippen LogP contribution in [0.1, 0.15) is 102 Å². The number of carbonyl (C=O) groups is 2. The smallest absolute Gasteiger partial charge is 0.302 e. The third-order valence-electron chi connectivity index (χ3n) is 6.49. The van der Waals surface area contributed by atoms with Gasteiger partial charge < -0.3 is 4.57 Å². The molecule has 0 heterocycles. The van der Waals surface area contributed by atoms with Crippen molar-refractivity contribution in [2.75, 3.05) is 0 Å². The Morgan fingerprint density at radius 1 is 0.703 bits per heavy atom. The van der Waals surface area contributed by atoms with E-state index in [-0.39, 0.29) is 28.9 Å². The van der Waals surface area contributed by atoms with E-state index in [2.05, 4.69) is 0 Å². The summed E-state index contributed by atoms with van der Waals surface area (Å²) in [4.78, 5) is 28.3. The number of benzene rings is 3. The fourth-order valence-corrected chi connectivity index (χ4v) is 6.97. The molecule has 0 aromatic heterocycles. The molecular formula is C30H32F3O3P. The first kappa shape index (κ1) is 28.6. The van der Waals surface area contributed by atoms with Gasteiger partial charge in [-0.25, -0.2) is 0 Å². The fraction of sp³-hybridized carbons (Fsp3) is 0.333. The van der Waals surface area contributed by atoms with Crippen LogP contribution < -0.4 is 5.30 Å². The minimum Gasteiger partial charge on any atom is -0.302 e. The topological polar surface area (TPSA) is 51.2 Å². The molecule has 0 bridgehead atoms. The lowest BCUT2D eigenvalue weighted by molar-refractivity contribution is -0.136. The van der Waals surface area contributed by atoms with Crippen molar-refractivity contribution in [3.63, 3.8) is 0 Å². The van der Waals surface area contributed by atoms with Gasteiger partial charge in [0.25, 0.3) is 0 Å². The van der Waals surface area contributed by atoms with Crippen LogP contribution in [-0.4, -0.2) is 11.0 Å². The van der Waals surface area contributed by atoms with E-state index in [0.717, 1.165) is 23.8 Å². The molecule has 7 heteroatoms. The summed E-state index contributed by atoms with van der Waals surface area (Å²) in [7, 11) is -5.00. The van der Waals surface area contributed by atoms with Gasteiger partial charge in [-0.3, -0.25) is 9.59 Å². The zero-order valence-electron chi connectivity index (χ0n) is 21.9. The summed E-state index contributed by atoms with van der Waals surface area (Å²) < 4.78 is 57.2. The van der Waals surface area contributed by atoms with Gasteiger partial charge in [-0.05, 0) is 40.5 Å². The Balaban J connectivity index is 2.46. The molecule has 0 radical (unpaired) electrons. The minimum atomic E-state index is -5.00. The second-order valence-electron chi connectivity index (χ2n) is 10.1. The lowest BCUT2D eigenvalue weighted by Crippen LogP contribution is -2.28. The molecule has 37 heavy (non-hydrogen) atoms. The van der Waals surface area contributed by atoms with Gasteiger partial charge in [0.15, 0.2) is 0 Å². The minimum absolute atomic E-state index is 0.0767. The Hall–Kier alpha value is -2.98. The maximum atomic E-state index is 14.9. The third kappa shape index (κ3) is 5.50. The maximum absolute atomic E-state index is 14.9. The molecule has 1 unspecified atom stereocenters. The van der Waals surface area contributed by atoms with Gasteiger partial charge in [0.2, 0.25) is 18.2 Å². The highest BCUT2D eigenvalue weighted by atomic mass is 31.2. The molecule has 1 atom stereocenters. The number of hydrogen-bond acceptors (Lipinski definition) is 3. The normalized spacial score (nSPS) is 13.7. The molecule has 0 fully saturated rings. The highest BCUT2D eigenvalue weighted by molar-refractivity contribution is 8.01. The van der Waals surface area contributed by atoms with Crippen molar-refractivity contribution < 1.29 is 27.3 Å². The van der Waals surface area contributed by atoms with E-state index >= 15 is 0 Å². The predicted octanol–water partition coefficient (Wildman–Crippen LogP) is 8.74. The fourth-order valence-electron chi connectivity index (χ4n) is 4.42. The van der Waals surface area contributed by atoms with Crippen molar-refractivity contribution in [2.45, 2.75) is 65.5 Å². The summed E-state index contributed by atoms with van der Waals surface area (Å²) in [6.07, 6.45) is -4.91. The summed E-state index contributed by atoms with van der Waals surface area (Å²) in [5.74, 6) is -0.274. The lowest BCUT2D eigenvalue weighted by atomic mass is 9.85. The van der Waals surface area contributed by atoms with Crippen LogP contribution in [0.4, 0.5) is 13.2 Å². The van der Waals surface area contributed by atoms with Gasteiger partial charge in [-0.15, -0.1) is 0 Å². The highest BCUT2D eigenvalue weighted by Crippen LogP contribution is 2.55. The zero-order valence-corrected chi connectivity index (χ0v) is 22.8. The summed E-state index contributed by atoms with van der Waals surface area (Å²) in [6.45, 7) is 11.5. The van der Waals surface area contributed by atoms with Crippen LogP contribution in [-0.2, 0) is 10.7 Å². The van der Waals surface area contributed by atoms with E-state index in [1.807, 2.05) is 53.7 Å². The molecule has 3 aromatic carbocycles. The molecule has 3 rings (SSSR count). The van der Waals surface area contributed by atoms with E-state index in [4.69, 9.17) is 0 Å². The molecule has 0 saturated heterocycles. The monoisotopic (exact) mass is 528 g/mol. The SMILES string of the molecule is CC(C)c1cc(C(C)C)c(C(=O)P(=O)(C(=O)c2ccccc2)c2ccccc2C(F)(F)F)c(C(C)C)c1. The van der Waals surface area contributed by atoms with Gasteiger partial charge in [0.1, 0.15) is 0 Å². The van der Waals surface area contributed by atoms with Crippen molar-refractivity contribution in [3.05, 3.63) is 100 Å². The second kappa shape index (κ2) is 10.8. The Kier molecular flexibility index (Phi) is 8.34. The summed E-state index contributed by atoms with van der Waals surface area (Å²) in [6, 6.07) is 15.3. The first-order chi connectivity index (χ1) is 17.2. The zero-order chi connectivity index (χ0) is 27.7. The summed E-state index contributed by atoms with van der Waals surface area (Å²) >= 11 is 0. The highest BCUT2D eigenvalue weighted by Gasteiger charge is 2.49. The van der Waals surface area contributed by atoms with E-state index in [9.17, 15) is 27.3 Å². The first-order valence-corrected chi connectivity index (χ1v) is 14.0. The van der Waals surface area contributed by atoms with Crippen LogP contribution in [0, 0.1) is 0 Å². The quantitative estimate of drug-likeness (QED) is 0.275. The first-order valence-electron chi connectivity index (χ1n) is 12.3. The number of hydrogen-bond donors (Lipinski definition) is 0. The molecule has 0 aliphatic rings. The largest absolute Gasteiger partial charge is 0.417 e. The predicted molar refractivity (Wildman–Crippen MR) is 142 cm³/mol. The Morgan fingerprint density at radius 3 is 1.65 bits per heavy atom. The van der Waals surface area contributed by atoms with Gasteiger partial charge in [0, 0.05) is 16.4 Å². The third-order valence-corrected chi connectivity index (χ3v) is 9.18. The van der Waals surface area contributed by atoms with Crippen molar-refractivity contribution in [3.8, 4) is 0 Å². The number of halogens is 3. The summed E-state index contributed by atoms with van der Waals surface area (Å²) in [5, 5.41) is -0.779. The molecule has 3 aromatic rings. The second-order valence-corrected chi connectivity index (χ2v) is 12.7. The molecule has 3 nitrogen and oxygen atoms in total. The van der Waals surface area contributed by atoms with Gasteiger partial charge >= 0.3 is 6.18 Å². The molecular weight excluding hydrogens is 496 g/mol. The Labute approximate surface area is 216 Å². The van der Waals surface area contributed by atoms with Crippen LogP contribution in [0.3, 0.4) is 0 Å². The number of alkyl halides is 3. The number of rotatable bonds is 8. The molecule has 196 valence electrons. The van der Waals surface area contributed by atoms with E-state index in [1.54, 1.807) is 6.07 Å². The standard InChI is InChI=1S/C30H32F3O3P/c1-18(2)22-16-23(19(3)4)27(24(17-22)20(5)6)29(35)37(36,28(34)21-12-8-7-9-13-21)26-15-11-10-14-25(26)30(31,32)33/h7-20H,1-6H3. The van der Waals surface area contributed by atoms with Gasteiger partial charge in [-0.2, -0.15) is 13.2 Å². The molecule has 0 spiro atoms. The van der Waals surface area contributed by atoms with Crippen molar-refractivity contribution >= 4 is 23.5 Å². The van der Waals surface area contributed by atoms with E-state index in [1.165, 1.54) is 30.3 Å². The van der Waals surface area contributed by atoms with E-state index in [0.29, 0.717) is 11.1 Å². The summed E-state index contributed by atoms with van der Waals surface area (Å²) in [5.41, 5.74) is -1.29.